The number of rotatable bonds is 8. The summed E-state index contributed by atoms with van der Waals surface area (Å²) in [5.74, 6) is -0.851. The van der Waals surface area contributed by atoms with Crippen LogP contribution in [0.2, 0.25) is 0 Å². The van der Waals surface area contributed by atoms with Crippen molar-refractivity contribution in [3.63, 3.8) is 0 Å². The summed E-state index contributed by atoms with van der Waals surface area (Å²) in [5.41, 5.74) is 0.194. The second kappa shape index (κ2) is 9.51. The number of carbonyl (C=O) groups is 3. The maximum atomic E-state index is 11.5. The minimum Gasteiger partial charge on any atom is -0.492 e. The van der Waals surface area contributed by atoms with Gasteiger partial charge in [0.25, 0.3) is 0 Å². The molecule has 138 valence electrons. The van der Waals surface area contributed by atoms with Gasteiger partial charge in [-0.3, -0.25) is 9.59 Å². The molecular weight excluding hydrogens is 328 g/mol. The van der Waals surface area contributed by atoms with Gasteiger partial charge in [0.15, 0.2) is 0 Å². The van der Waals surface area contributed by atoms with E-state index in [0.29, 0.717) is 12.3 Å². The van der Waals surface area contributed by atoms with Crippen LogP contribution in [0, 0.1) is 0 Å². The fraction of sp³-hybridized carbons (Fsp3) is 0.471. The Morgan fingerprint density at radius 2 is 1.72 bits per heavy atom. The van der Waals surface area contributed by atoms with Gasteiger partial charge in [0.05, 0.1) is 13.0 Å². The second-order valence-corrected chi connectivity index (χ2v) is 6.27. The van der Waals surface area contributed by atoms with E-state index in [1.807, 2.05) is 0 Å². The Hall–Kier alpha value is -2.77. The van der Waals surface area contributed by atoms with E-state index >= 15 is 0 Å². The zero-order valence-electron chi connectivity index (χ0n) is 14.6. The van der Waals surface area contributed by atoms with E-state index in [1.165, 1.54) is 0 Å². The highest BCUT2D eigenvalue weighted by molar-refractivity contribution is 5.82. The van der Waals surface area contributed by atoms with Crippen LogP contribution >= 0.6 is 0 Å². The summed E-state index contributed by atoms with van der Waals surface area (Å²) in [6, 6.07) is 6.84. The van der Waals surface area contributed by atoms with E-state index in [1.54, 1.807) is 45.0 Å². The van der Waals surface area contributed by atoms with Crippen molar-refractivity contribution in [1.29, 1.82) is 0 Å². The number of hydrogen-bond donors (Lipinski definition) is 3. The molecule has 2 amide bonds. The Bertz CT molecular complexity index is 592. The molecular formula is C17H24N2O6. The Morgan fingerprint density at radius 1 is 1.08 bits per heavy atom. The molecule has 0 saturated carbocycles. The van der Waals surface area contributed by atoms with E-state index in [0.717, 1.165) is 5.56 Å². The summed E-state index contributed by atoms with van der Waals surface area (Å²) < 4.78 is 10.6. The highest BCUT2D eigenvalue weighted by Gasteiger charge is 2.15. The standard InChI is InChI=1S/C17H24N2O6/c1-17(2,3)25-16(23)18-8-9-24-13-6-4-12(5-7-13)10-14(20)19-11-15(21)22/h4-7H,8-11H2,1-3H3,(H,18,23)(H,19,20)(H,21,22). The van der Waals surface area contributed by atoms with Crippen molar-refractivity contribution in [2.75, 3.05) is 19.7 Å². The SMILES string of the molecule is CC(C)(C)OC(=O)NCCOc1ccc(CC(=O)NCC(=O)O)cc1. The summed E-state index contributed by atoms with van der Waals surface area (Å²) in [6.07, 6.45) is -0.410. The third-order valence-electron chi connectivity index (χ3n) is 2.76. The van der Waals surface area contributed by atoms with Gasteiger partial charge in [-0.25, -0.2) is 4.79 Å². The highest BCUT2D eigenvalue weighted by atomic mass is 16.6. The molecule has 0 spiro atoms. The van der Waals surface area contributed by atoms with Crippen molar-refractivity contribution in [2.24, 2.45) is 0 Å². The Labute approximate surface area is 146 Å². The second-order valence-electron chi connectivity index (χ2n) is 6.27. The molecule has 0 saturated heterocycles. The lowest BCUT2D eigenvalue weighted by atomic mass is 10.1. The van der Waals surface area contributed by atoms with Crippen LogP contribution in [0.3, 0.4) is 0 Å². The van der Waals surface area contributed by atoms with Gasteiger partial charge in [-0.05, 0) is 38.5 Å². The summed E-state index contributed by atoms with van der Waals surface area (Å²) in [6.45, 7) is 5.53. The molecule has 0 aromatic heterocycles. The van der Waals surface area contributed by atoms with Gasteiger partial charge >= 0.3 is 12.1 Å². The van der Waals surface area contributed by atoms with Crippen LogP contribution in [0.5, 0.6) is 5.75 Å². The van der Waals surface area contributed by atoms with Crippen molar-refractivity contribution in [1.82, 2.24) is 10.6 Å². The fourth-order valence-electron chi connectivity index (χ4n) is 1.76. The van der Waals surface area contributed by atoms with Crippen LogP contribution in [0.15, 0.2) is 24.3 Å². The number of nitrogens with one attached hydrogen (secondary N) is 2. The van der Waals surface area contributed by atoms with Gasteiger partial charge in [0.1, 0.15) is 24.5 Å². The predicted molar refractivity (Wildman–Crippen MR) is 90.5 cm³/mol. The molecule has 0 aliphatic carbocycles. The third kappa shape index (κ3) is 9.85. The Kier molecular flexibility index (Phi) is 7.71. The van der Waals surface area contributed by atoms with Gasteiger partial charge in [0, 0.05) is 0 Å². The summed E-state index contributed by atoms with van der Waals surface area (Å²) >= 11 is 0. The number of alkyl carbamates (subject to hydrolysis) is 1. The first kappa shape index (κ1) is 20.3. The Morgan fingerprint density at radius 3 is 2.28 bits per heavy atom. The molecule has 1 aromatic rings. The van der Waals surface area contributed by atoms with Gasteiger partial charge in [-0.1, -0.05) is 12.1 Å². The third-order valence-corrected chi connectivity index (χ3v) is 2.76. The topological polar surface area (TPSA) is 114 Å². The molecule has 0 heterocycles. The molecule has 8 nitrogen and oxygen atoms in total. The molecule has 3 N–H and O–H groups in total. The molecule has 25 heavy (non-hydrogen) atoms. The molecule has 0 atom stereocenters. The largest absolute Gasteiger partial charge is 0.492 e. The van der Waals surface area contributed by atoms with E-state index < -0.39 is 24.2 Å². The monoisotopic (exact) mass is 352 g/mol. The van der Waals surface area contributed by atoms with Crippen LogP contribution in [0.25, 0.3) is 0 Å². The van der Waals surface area contributed by atoms with Crippen molar-refractivity contribution in [3.05, 3.63) is 29.8 Å². The lowest BCUT2D eigenvalue weighted by Gasteiger charge is -2.19. The van der Waals surface area contributed by atoms with Crippen molar-refractivity contribution in [3.8, 4) is 5.75 Å². The molecule has 0 radical (unpaired) electrons. The zero-order chi connectivity index (χ0) is 18.9. The highest BCUT2D eigenvalue weighted by Crippen LogP contribution is 2.12. The smallest absolute Gasteiger partial charge is 0.407 e. The van der Waals surface area contributed by atoms with Crippen LogP contribution in [0.1, 0.15) is 26.3 Å². The maximum absolute atomic E-state index is 11.5. The minimum atomic E-state index is -1.09. The molecule has 1 rings (SSSR count). The molecule has 0 aliphatic rings. The average molecular weight is 352 g/mol. The van der Waals surface area contributed by atoms with Gasteiger partial charge in [-0.15, -0.1) is 0 Å². The first-order valence-corrected chi connectivity index (χ1v) is 7.83. The van der Waals surface area contributed by atoms with Gasteiger partial charge < -0.3 is 25.2 Å². The lowest BCUT2D eigenvalue weighted by Crippen LogP contribution is -2.34. The minimum absolute atomic E-state index is 0.0910. The molecule has 0 aliphatic heterocycles. The van der Waals surface area contributed by atoms with E-state index in [2.05, 4.69) is 10.6 Å². The molecule has 8 heteroatoms. The molecule has 0 unspecified atom stereocenters. The first-order chi connectivity index (χ1) is 11.7. The number of benzene rings is 1. The van der Waals surface area contributed by atoms with Crippen LogP contribution in [-0.2, 0) is 20.7 Å². The van der Waals surface area contributed by atoms with Crippen molar-refractivity contribution in [2.45, 2.75) is 32.8 Å². The van der Waals surface area contributed by atoms with Crippen molar-refractivity contribution < 1.29 is 29.0 Å². The molecule has 1 aromatic carbocycles. The first-order valence-electron chi connectivity index (χ1n) is 7.83. The normalized spacial score (nSPS) is 10.7. The molecule has 0 fully saturated rings. The van der Waals surface area contributed by atoms with Crippen molar-refractivity contribution >= 4 is 18.0 Å². The number of carbonyl (C=O) groups excluding carboxylic acids is 2. The van der Waals surface area contributed by atoms with Crippen LogP contribution < -0.4 is 15.4 Å². The maximum Gasteiger partial charge on any atom is 0.407 e. The fourth-order valence-corrected chi connectivity index (χ4v) is 1.76. The summed E-state index contributed by atoms with van der Waals surface area (Å²) in [5, 5.41) is 13.4. The number of hydrogen-bond acceptors (Lipinski definition) is 5. The number of carboxylic acid groups (broad SMARTS) is 1. The van der Waals surface area contributed by atoms with E-state index in [4.69, 9.17) is 14.6 Å². The number of ether oxygens (including phenoxy) is 2. The summed E-state index contributed by atoms with van der Waals surface area (Å²) in [4.78, 5) is 33.3. The lowest BCUT2D eigenvalue weighted by molar-refractivity contribution is -0.137. The molecule has 0 bridgehead atoms. The van der Waals surface area contributed by atoms with Gasteiger partial charge in [-0.2, -0.15) is 0 Å². The zero-order valence-corrected chi connectivity index (χ0v) is 14.6. The quantitative estimate of drug-likeness (QED) is 0.608. The van der Waals surface area contributed by atoms with E-state index in [-0.39, 0.29) is 18.9 Å². The number of aliphatic carboxylic acids is 1. The Balaban J connectivity index is 2.29. The predicted octanol–water partition coefficient (Wildman–Crippen LogP) is 1.33. The number of carboxylic acids is 1. The van der Waals surface area contributed by atoms with Gasteiger partial charge in [0.2, 0.25) is 5.91 Å². The van der Waals surface area contributed by atoms with E-state index in [9.17, 15) is 14.4 Å². The number of amides is 2. The average Bonchev–Trinajstić information content (AvgIpc) is 2.49. The van der Waals surface area contributed by atoms with Crippen LogP contribution in [-0.4, -0.2) is 48.4 Å². The van der Waals surface area contributed by atoms with Crippen LogP contribution in [0.4, 0.5) is 4.79 Å². The summed E-state index contributed by atoms with van der Waals surface area (Å²) in [7, 11) is 0.